The predicted molar refractivity (Wildman–Crippen MR) is 88.7 cm³/mol. The van der Waals surface area contributed by atoms with E-state index < -0.39 is 5.91 Å². The van der Waals surface area contributed by atoms with Crippen LogP contribution in [0.25, 0.3) is 21.8 Å². The molecule has 24 heavy (non-hydrogen) atoms. The smallest absolute Gasteiger partial charge is 0.287 e. The Morgan fingerprint density at radius 3 is 2.33 bits per heavy atom. The van der Waals surface area contributed by atoms with E-state index in [1.807, 2.05) is 12.1 Å². The van der Waals surface area contributed by atoms with Crippen LogP contribution in [-0.2, 0) is 0 Å². The van der Waals surface area contributed by atoms with Crippen LogP contribution in [0.1, 0.15) is 9.67 Å². The maximum absolute atomic E-state index is 13.1. The van der Waals surface area contributed by atoms with Gasteiger partial charge >= 0.3 is 0 Å². The molecular formula is C17H13FN2O3S. The number of benzene rings is 2. The second kappa shape index (κ2) is 6.77. The molecule has 0 aliphatic heterocycles. The Kier molecular flexibility index (Phi) is 4.54. The van der Waals surface area contributed by atoms with Crippen molar-refractivity contribution in [1.29, 1.82) is 0 Å². The molecule has 2 N–H and O–H groups in total. The minimum atomic E-state index is -0.661. The third-order valence-corrected chi connectivity index (χ3v) is 4.49. The largest absolute Gasteiger partial charge is 0.497 e. The Labute approximate surface area is 141 Å². The van der Waals surface area contributed by atoms with E-state index in [-0.39, 0.29) is 10.7 Å². The van der Waals surface area contributed by atoms with E-state index in [1.54, 1.807) is 24.7 Å². The molecule has 122 valence electrons. The van der Waals surface area contributed by atoms with Gasteiger partial charge in [0.1, 0.15) is 21.5 Å². The maximum Gasteiger partial charge on any atom is 0.287 e. The number of nitrogens with one attached hydrogen (secondary N) is 1. The van der Waals surface area contributed by atoms with Gasteiger partial charge < -0.3 is 4.74 Å². The number of halogens is 1. The highest BCUT2D eigenvalue weighted by molar-refractivity contribution is 7.17. The number of rotatable bonds is 4. The quantitative estimate of drug-likeness (QED) is 0.559. The summed E-state index contributed by atoms with van der Waals surface area (Å²) < 4.78 is 18.2. The first kappa shape index (κ1) is 16.1. The van der Waals surface area contributed by atoms with Gasteiger partial charge in [-0.2, -0.15) is 0 Å². The monoisotopic (exact) mass is 344 g/mol. The first-order valence-electron chi connectivity index (χ1n) is 6.98. The molecular weight excluding hydrogens is 331 g/mol. The summed E-state index contributed by atoms with van der Waals surface area (Å²) in [5.74, 6) is -0.327. The molecule has 3 aromatic rings. The van der Waals surface area contributed by atoms with Crippen LogP contribution in [0.4, 0.5) is 4.39 Å². The molecule has 0 aliphatic rings. The van der Waals surface area contributed by atoms with Crippen molar-refractivity contribution in [3.05, 3.63) is 59.2 Å². The summed E-state index contributed by atoms with van der Waals surface area (Å²) >= 11 is 1.14. The average molecular weight is 344 g/mol. The summed E-state index contributed by atoms with van der Waals surface area (Å²) in [5, 5.41) is 9.56. The lowest BCUT2D eigenvalue weighted by molar-refractivity contribution is 0.0711. The normalized spacial score (nSPS) is 10.5. The van der Waals surface area contributed by atoms with Gasteiger partial charge in [-0.15, -0.1) is 11.3 Å². The van der Waals surface area contributed by atoms with Crippen molar-refractivity contribution in [2.45, 2.75) is 0 Å². The first-order chi connectivity index (χ1) is 11.6. The standard InChI is InChI=1S/C17H13FN2O3S/c1-23-13-8-4-11(5-9-13)17-19-14(15(24-17)16(21)20-22)10-2-6-12(18)7-3-10/h2-9,22H,1H3,(H,20,21). The number of hydrogen-bond donors (Lipinski definition) is 2. The Morgan fingerprint density at radius 2 is 1.75 bits per heavy atom. The topological polar surface area (TPSA) is 71.5 Å². The van der Waals surface area contributed by atoms with Crippen molar-refractivity contribution in [2.24, 2.45) is 0 Å². The Balaban J connectivity index is 2.08. The van der Waals surface area contributed by atoms with Gasteiger partial charge in [0.2, 0.25) is 0 Å². The summed E-state index contributed by atoms with van der Waals surface area (Å²) in [6.07, 6.45) is 0. The number of carbonyl (C=O) groups excluding carboxylic acids is 1. The van der Waals surface area contributed by atoms with Gasteiger partial charge in [0.05, 0.1) is 12.8 Å². The van der Waals surface area contributed by atoms with Crippen molar-refractivity contribution in [3.8, 4) is 27.6 Å². The minimum Gasteiger partial charge on any atom is -0.497 e. The zero-order valence-electron chi connectivity index (χ0n) is 12.6. The minimum absolute atomic E-state index is 0.245. The van der Waals surface area contributed by atoms with Crippen LogP contribution in [0, 0.1) is 5.82 Å². The van der Waals surface area contributed by atoms with E-state index in [2.05, 4.69) is 4.98 Å². The van der Waals surface area contributed by atoms with Crippen LogP contribution in [0.15, 0.2) is 48.5 Å². The molecule has 1 aromatic heterocycles. The van der Waals surface area contributed by atoms with Gasteiger partial charge in [0, 0.05) is 11.1 Å². The fourth-order valence-corrected chi connectivity index (χ4v) is 3.17. The SMILES string of the molecule is COc1ccc(-c2nc(-c3ccc(F)cc3)c(C(=O)NO)s2)cc1. The fourth-order valence-electron chi connectivity index (χ4n) is 2.19. The second-order valence-corrected chi connectivity index (χ2v) is 5.87. The first-order valence-corrected chi connectivity index (χ1v) is 7.79. The lowest BCUT2D eigenvalue weighted by atomic mass is 10.1. The van der Waals surface area contributed by atoms with Crippen molar-refractivity contribution >= 4 is 17.2 Å². The molecule has 1 amide bonds. The zero-order chi connectivity index (χ0) is 17.1. The van der Waals surface area contributed by atoms with Crippen molar-refractivity contribution < 1.29 is 19.1 Å². The van der Waals surface area contributed by atoms with Gasteiger partial charge in [-0.05, 0) is 48.5 Å². The lowest BCUT2D eigenvalue weighted by Gasteiger charge is -2.01. The van der Waals surface area contributed by atoms with E-state index in [0.717, 1.165) is 16.9 Å². The summed E-state index contributed by atoms with van der Waals surface area (Å²) in [6, 6.07) is 12.9. The fraction of sp³-hybridized carbons (Fsp3) is 0.0588. The van der Waals surface area contributed by atoms with Crippen LogP contribution < -0.4 is 10.2 Å². The Hall–Kier alpha value is -2.77. The summed E-state index contributed by atoms with van der Waals surface area (Å²) in [7, 11) is 1.58. The summed E-state index contributed by atoms with van der Waals surface area (Å²) in [5.41, 5.74) is 3.41. The number of aromatic nitrogens is 1. The number of amides is 1. The lowest BCUT2D eigenvalue weighted by Crippen LogP contribution is -2.18. The van der Waals surface area contributed by atoms with Crippen molar-refractivity contribution in [3.63, 3.8) is 0 Å². The van der Waals surface area contributed by atoms with E-state index in [4.69, 9.17) is 9.94 Å². The molecule has 0 radical (unpaired) electrons. The molecule has 0 fully saturated rings. The van der Waals surface area contributed by atoms with Gasteiger partial charge in [-0.1, -0.05) is 0 Å². The summed E-state index contributed by atoms with van der Waals surface area (Å²) in [6.45, 7) is 0. The number of ether oxygens (including phenoxy) is 1. The predicted octanol–water partition coefficient (Wildman–Crippen LogP) is 3.74. The van der Waals surface area contributed by atoms with E-state index in [0.29, 0.717) is 22.0 Å². The van der Waals surface area contributed by atoms with Crippen molar-refractivity contribution in [2.75, 3.05) is 7.11 Å². The molecule has 0 saturated heterocycles. The third-order valence-electron chi connectivity index (χ3n) is 3.39. The molecule has 0 spiro atoms. The van der Waals surface area contributed by atoms with Crippen LogP contribution in [0.2, 0.25) is 0 Å². The molecule has 0 unspecified atom stereocenters. The maximum atomic E-state index is 13.1. The van der Waals surface area contributed by atoms with E-state index in [1.165, 1.54) is 24.3 Å². The molecule has 0 aliphatic carbocycles. The second-order valence-electron chi connectivity index (χ2n) is 4.87. The summed E-state index contributed by atoms with van der Waals surface area (Å²) in [4.78, 5) is 16.7. The molecule has 5 nitrogen and oxygen atoms in total. The highest BCUT2D eigenvalue weighted by atomic mass is 32.1. The number of thiazole rings is 1. The van der Waals surface area contributed by atoms with Gasteiger partial charge in [0.15, 0.2) is 0 Å². The van der Waals surface area contributed by atoms with Gasteiger partial charge in [-0.3, -0.25) is 10.0 Å². The van der Waals surface area contributed by atoms with Crippen LogP contribution in [0.3, 0.4) is 0 Å². The van der Waals surface area contributed by atoms with Crippen LogP contribution in [0.5, 0.6) is 5.75 Å². The molecule has 3 rings (SSSR count). The number of methoxy groups -OCH3 is 1. The van der Waals surface area contributed by atoms with Gasteiger partial charge in [0.25, 0.3) is 5.91 Å². The van der Waals surface area contributed by atoms with Crippen LogP contribution >= 0.6 is 11.3 Å². The number of hydroxylamine groups is 1. The van der Waals surface area contributed by atoms with E-state index >= 15 is 0 Å². The molecule has 0 atom stereocenters. The number of hydrogen-bond acceptors (Lipinski definition) is 5. The van der Waals surface area contributed by atoms with E-state index in [9.17, 15) is 9.18 Å². The Bertz CT molecular complexity index is 861. The number of nitrogens with zero attached hydrogens (tertiary/aromatic N) is 1. The van der Waals surface area contributed by atoms with Crippen LogP contribution in [-0.4, -0.2) is 23.2 Å². The molecule has 1 heterocycles. The number of carbonyl (C=O) groups is 1. The van der Waals surface area contributed by atoms with Gasteiger partial charge in [-0.25, -0.2) is 14.9 Å². The van der Waals surface area contributed by atoms with Crippen molar-refractivity contribution in [1.82, 2.24) is 10.5 Å². The zero-order valence-corrected chi connectivity index (χ0v) is 13.4. The molecule has 7 heteroatoms. The molecule has 0 bridgehead atoms. The highest BCUT2D eigenvalue weighted by Crippen LogP contribution is 2.34. The molecule has 0 saturated carbocycles. The molecule has 2 aromatic carbocycles. The Morgan fingerprint density at radius 1 is 1.12 bits per heavy atom. The third kappa shape index (κ3) is 3.12. The average Bonchev–Trinajstić information content (AvgIpc) is 3.07. The highest BCUT2D eigenvalue weighted by Gasteiger charge is 2.20.